The number of nitriles is 1. The van der Waals surface area contributed by atoms with Crippen LogP contribution < -0.4 is 16.0 Å². The summed E-state index contributed by atoms with van der Waals surface area (Å²) in [5.74, 6) is -2.30. The summed E-state index contributed by atoms with van der Waals surface area (Å²) in [6, 6.07) is 22.4. The van der Waals surface area contributed by atoms with Crippen LogP contribution in [0.5, 0.6) is 0 Å². The van der Waals surface area contributed by atoms with Crippen LogP contribution in [0.3, 0.4) is 0 Å². The van der Waals surface area contributed by atoms with Crippen molar-refractivity contribution in [2.24, 2.45) is 5.92 Å². The molecular weight excluding hydrogens is 492 g/mol. The fourth-order valence-electron chi connectivity index (χ4n) is 4.20. The van der Waals surface area contributed by atoms with Crippen LogP contribution in [0.1, 0.15) is 23.3 Å². The quantitative estimate of drug-likeness (QED) is 0.357. The Morgan fingerprint density at radius 3 is 2.50 bits per heavy atom. The number of aryl methyl sites for hydroxylation is 1. The van der Waals surface area contributed by atoms with Gasteiger partial charge < -0.3 is 21.1 Å². The van der Waals surface area contributed by atoms with E-state index in [1.807, 2.05) is 60.8 Å². The van der Waals surface area contributed by atoms with Crippen LogP contribution in [-0.2, 0) is 9.59 Å². The lowest BCUT2D eigenvalue weighted by Gasteiger charge is -2.43. The summed E-state index contributed by atoms with van der Waals surface area (Å²) in [7, 11) is 0. The second kappa shape index (κ2) is 11.0. The van der Waals surface area contributed by atoms with E-state index in [1.54, 1.807) is 18.2 Å². The van der Waals surface area contributed by atoms with Crippen molar-refractivity contribution in [3.8, 4) is 6.07 Å². The molecule has 0 aliphatic carbocycles. The first-order valence-electron chi connectivity index (χ1n) is 11.3. The second-order valence-corrected chi connectivity index (χ2v) is 10.6. The fourth-order valence-corrected chi connectivity index (χ4v) is 6.03. The highest BCUT2D eigenvalue weighted by molar-refractivity contribution is 8.03. The van der Waals surface area contributed by atoms with Crippen LogP contribution in [0.4, 0.5) is 11.4 Å². The molecule has 0 spiro atoms. The summed E-state index contributed by atoms with van der Waals surface area (Å²) < 4.78 is 0. The van der Waals surface area contributed by atoms with Gasteiger partial charge in [0.25, 0.3) is 0 Å². The van der Waals surface area contributed by atoms with Crippen molar-refractivity contribution in [1.82, 2.24) is 5.32 Å². The maximum Gasteiger partial charge on any atom is 0.234 e. The average Bonchev–Trinajstić information content (AvgIpc) is 3.38. The molecule has 4 N–H and O–H groups in total. The van der Waals surface area contributed by atoms with E-state index in [2.05, 4.69) is 22.0 Å². The largest absolute Gasteiger partial charge is 0.370 e. The summed E-state index contributed by atoms with van der Waals surface area (Å²) in [4.78, 5) is 26.9. The number of anilines is 2. The highest BCUT2D eigenvalue weighted by Crippen LogP contribution is 2.46. The van der Waals surface area contributed by atoms with Gasteiger partial charge in [-0.15, -0.1) is 11.3 Å². The predicted octanol–water partition coefficient (Wildman–Crippen LogP) is 4.81. The van der Waals surface area contributed by atoms with E-state index in [-0.39, 0.29) is 11.7 Å². The molecular formula is C27H26N4O3S2. The second-order valence-electron chi connectivity index (χ2n) is 8.60. The number of allylic oxidation sites excluding steroid dienone is 1. The number of benzene rings is 2. The Labute approximate surface area is 218 Å². The number of hydrogen-bond donors (Lipinski definition) is 4. The normalized spacial score (nSPS) is 21.3. The molecule has 3 aromatic rings. The number of amides is 2. The van der Waals surface area contributed by atoms with Gasteiger partial charge in [0.15, 0.2) is 0 Å². The molecule has 1 aliphatic heterocycles. The number of carbonyl (C=O) groups excluding carboxylic acids is 2. The van der Waals surface area contributed by atoms with E-state index < -0.39 is 23.5 Å². The Balaban J connectivity index is 1.63. The Bertz CT molecular complexity index is 1310. The van der Waals surface area contributed by atoms with Crippen LogP contribution in [-0.4, -0.2) is 28.4 Å². The lowest BCUT2D eigenvalue weighted by molar-refractivity contribution is -0.131. The summed E-state index contributed by atoms with van der Waals surface area (Å²) in [5, 5.41) is 32.6. The lowest BCUT2D eigenvalue weighted by atomic mass is 9.76. The predicted molar refractivity (Wildman–Crippen MR) is 144 cm³/mol. The standard InChI is InChI=1S/C27H26N4O3S2/c1-17-9-6-7-12-20(17)30-25(33)24-23(21-13-8-14-35-21)19(15-28)26(31-27(24,2)34)36-16-22(32)29-18-10-4-3-5-11-18/h3-14,23-24,31,34H,16H2,1-2H3,(H,29,32)(H,30,33)/t23-,24-,27+/m1/s1. The third-order valence-electron chi connectivity index (χ3n) is 5.92. The van der Waals surface area contributed by atoms with E-state index in [4.69, 9.17) is 0 Å². The van der Waals surface area contributed by atoms with Crippen LogP contribution >= 0.6 is 23.1 Å². The number of nitrogens with zero attached hydrogens (tertiary/aromatic N) is 1. The van der Waals surface area contributed by atoms with Gasteiger partial charge in [-0.25, -0.2) is 0 Å². The average molecular weight is 519 g/mol. The number of para-hydroxylation sites is 2. The number of thioether (sulfide) groups is 1. The van der Waals surface area contributed by atoms with E-state index in [0.29, 0.717) is 22.0 Å². The van der Waals surface area contributed by atoms with E-state index in [1.165, 1.54) is 18.3 Å². The van der Waals surface area contributed by atoms with Gasteiger partial charge in [-0.2, -0.15) is 5.26 Å². The van der Waals surface area contributed by atoms with Gasteiger partial charge in [0.1, 0.15) is 5.72 Å². The van der Waals surface area contributed by atoms with Gasteiger partial charge in [-0.3, -0.25) is 9.59 Å². The van der Waals surface area contributed by atoms with Gasteiger partial charge in [-0.05, 0) is 49.1 Å². The van der Waals surface area contributed by atoms with Crippen molar-refractivity contribution >= 4 is 46.3 Å². The Morgan fingerprint density at radius 2 is 1.83 bits per heavy atom. The molecule has 1 aromatic heterocycles. The van der Waals surface area contributed by atoms with E-state index in [0.717, 1.165) is 22.2 Å². The minimum atomic E-state index is -1.68. The molecule has 2 aromatic carbocycles. The third-order valence-corrected chi connectivity index (χ3v) is 7.89. The maximum atomic E-state index is 13.6. The topological polar surface area (TPSA) is 114 Å². The zero-order chi connectivity index (χ0) is 25.7. The van der Waals surface area contributed by atoms with Crippen LogP contribution in [0.25, 0.3) is 0 Å². The number of nitrogens with one attached hydrogen (secondary N) is 3. The minimum absolute atomic E-state index is 0.0235. The van der Waals surface area contributed by atoms with Gasteiger partial charge in [-0.1, -0.05) is 54.2 Å². The van der Waals surface area contributed by atoms with Gasteiger partial charge in [0, 0.05) is 22.2 Å². The van der Waals surface area contributed by atoms with Gasteiger partial charge in [0.2, 0.25) is 11.8 Å². The molecule has 36 heavy (non-hydrogen) atoms. The zero-order valence-corrected chi connectivity index (χ0v) is 21.5. The van der Waals surface area contributed by atoms with Crippen LogP contribution in [0.2, 0.25) is 0 Å². The summed E-state index contributed by atoms with van der Waals surface area (Å²) in [6.07, 6.45) is 0. The van der Waals surface area contributed by atoms with Crippen molar-refractivity contribution < 1.29 is 14.7 Å². The zero-order valence-electron chi connectivity index (χ0n) is 19.8. The number of hydrogen-bond acceptors (Lipinski definition) is 7. The highest BCUT2D eigenvalue weighted by Gasteiger charge is 2.50. The first-order valence-corrected chi connectivity index (χ1v) is 13.2. The molecule has 0 bridgehead atoms. The molecule has 2 heterocycles. The number of thiophene rings is 1. The Hall–Kier alpha value is -3.58. The highest BCUT2D eigenvalue weighted by atomic mass is 32.2. The molecule has 0 unspecified atom stereocenters. The van der Waals surface area contributed by atoms with Gasteiger partial charge >= 0.3 is 0 Å². The van der Waals surface area contributed by atoms with Crippen molar-refractivity contribution in [1.29, 1.82) is 5.26 Å². The summed E-state index contributed by atoms with van der Waals surface area (Å²) >= 11 is 2.54. The number of aliphatic hydroxyl groups is 1. The Morgan fingerprint density at radius 1 is 1.11 bits per heavy atom. The molecule has 0 fully saturated rings. The first-order chi connectivity index (χ1) is 17.3. The Kier molecular flexibility index (Phi) is 7.79. The lowest BCUT2D eigenvalue weighted by Crippen LogP contribution is -2.57. The molecule has 1 aliphatic rings. The summed E-state index contributed by atoms with van der Waals surface area (Å²) in [5.41, 5.74) is 0.833. The van der Waals surface area contributed by atoms with E-state index in [9.17, 15) is 20.0 Å². The summed E-state index contributed by atoms with van der Waals surface area (Å²) in [6.45, 7) is 3.41. The van der Waals surface area contributed by atoms with Crippen LogP contribution in [0.15, 0.2) is 82.7 Å². The maximum absolute atomic E-state index is 13.6. The minimum Gasteiger partial charge on any atom is -0.370 e. The van der Waals surface area contributed by atoms with Crippen molar-refractivity contribution in [3.05, 3.63) is 93.2 Å². The molecule has 0 saturated heterocycles. The number of carbonyl (C=O) groups is 2. The van der Waals surface area contributed by atoms with Crippen molar-refractivity contribution in [2.75, 3.05) is 16.4 Å². The van der Waals surface area contributed by atoms with Crippen molar-refractivity contribution in [3.63, 3.8) is 0 Å². The molecule has 2 amide bonds. The van der Waals surface area contributed by atoms with E-state index >= 15 is 0 Å². The number of rotatable bonds is 7. The molecule has 0 radical (unpaired) electrons. The van der Waals surface area contributed by atoms with Crippen LogP contribution in [0, 0.1) is 24.2 Å². The molecule has 4 rings (SSSR count). The third kappa shape index (κ3) is 5.62. The molecule has 9 heteroatoms. The SMILES string of the molecule is Cc1ccccc1NC(=O)[C@H]1[C@@H](c2cccs2)C(C#N)=C(SCC(=O)Nc2ccccc2)N[C@@]1(C)O. The molecule has 3 atom stereocenters. The molecule has 184 valence electrons. The smallest absolute Gasteiger partial charge is 0.234 e. The monoisotopic (exact) mass is 518 g/mol. The fraction of sp³-hybridized carbons (Fsp3) is 0.222. The molecule has 0 saturated carbocycles. The van der Waals surface area contributed by atoms with Crippen molar-refractivity contribution in [2.45, 2.75) is 25.5 Å². The molecule has 7 nitrogen and oxygen atoms in total. The van der Waals surface area contributed by atoms with Gasteiger partial charge in [0.05, 0.1) is 28.3 Å². The first kappa shape index (κ1) is 25.5.